The van der Waals surface area contributed by atoms with E-state index in [0.717, 1.165) is 38.8 Å². The Bertz CT molecular complexity index is 1450. The van der Waals surface area contributed by atoms with E-state index in [1.807, 2.05) is 57.2 Å². The summed E-state index contributed by atoms with van der Waals surface area (Å²) in [5, 5.41) is 13.1. The van der Waals surface area contributed by atoms with Gasteiger partial charge in [-0.25, -0.2) is 4.79 Å². The SMILES string of the molecule is Cc1oc2c(C)c3oc(=O)c(CCC(=O)N[C@@H](C)C(=O)O)c(C)c3cc2c1-c1ccccc1. The van der Waals surface area contributed by atoms with Crippen LogP contribution < -0.4 is 10.9 Å². The molecule has 0 saturated carbocycles. The molecular formula is C26H25NO6. The number of hydrogen-bond donors (Lipinski definition) is 2. The van der Waals surface area contributed by atoms with Crippen LogP contribution in [0, 0.1) is 20.8 Å². The average molecular weight is 447 g/mol. The third-order valence-electron chi connectivity index (χ3n) is 6.05. The van der Waals surface area contributed by atoms with E-state index < -0.39 is 23.5 Å². The molecule has 0 fully saturated rings. The standard InChI is InChI=1S/C26H25NO6/c1-13-18(10-11-21(28)27-15(3)25(29)30)26(31)33-23-14(2)24-20(12-19(13)23)22(16(4)32-24)17-8-6-5-7-9-17/h5-9,12,15H,10-11H2,1-4H3,(H,27,28)(H,29,30)/t15-/m0/s1. The molecule has 0 saturated heterocycles. The van der Waals surface area contributed by atoms with Gasteiger partial charge in [0.1, 0.15) is 23.0 Å². The molecule has 7 nitrogen and oxygen atoms in total. The fraction of sp³-hybridized carbons (Fsp3) is 0.269. The summed E-state index contributed by atoms with van der Waals surface area (Å²) < 4.78 is 11.8. The van der Waals surface area contributed by atoms with Gasteiger partial charge in [0, 0.05) is 33.9 Å². The zero-order valence-electron chi connectivity index (χ0n) is 18.9. The van der Waals surface area contributed by atoms with Crippen LogP contribution >= 0.6 is 0 Å². The van der Waals surface area contributed by atoms with Crippen molar-refractivity contribution in [2.24, 2.45) is 0 Å². The number of aryl methyl sites for hydroxylation is 3. The Kier molecular flexibility index (Phi) is 5.80. The van der Waals surface area contributed by atoms with Crippen LogP contribution in [-0.4, -0.2) is 23.0 Å². The Morgan fingerprint density at radius 3 is 2.33 bits per heavy atom. The van der Waals surface area contributed by atoms with Gasteiger partial charge in [-0.3, -0.25) is 9.59 Å². The highest BCUT2D eigenvalue weighted by molar-refractivity contribution is 6.05. The summed E-state index contributed by atoms with van der Waals surface area (Å²) in [6.07, 6.45) is 0.130. The van der Waals surface area contributed by atoms with E-state index in [-0.39, 0.29) is 12.8 Å². The maximum absolute atomic E-state index is 12.8. The Morgan fingerprint density at radius 2 is 1.67 bits per heavy atom. The van der Waals surface area contributed by atoms with Gasteiger partial charge in [0.05, 0.1) is 0 Å². The van der Waals surface area contributed by atoms with Crippen molar-refractivity contribution in [1.82, 2.24) is 5.32 Å². The zero-order valence-corrected chi connectivity index (χ0v) is 18.9. The van der Waals surface area contributed by atoms with Gasteiger partial charge in [-0.15, -0.1) is 0 Å². The normalized spacial score (nSPS) is 12.2. The molecule has 170 valence electrons. The minimum absolute atomic E-state index is 0.0178. The fourth-order valence-electron chi connectivity index (χ4n) is 4.24. The molecule has 0 aliphatic carbocycles. The predicted octanol–water partition coefficient (Wildman–Crippen LogP) is 4.65. The number of fused-ring (bicyclic) bond motifs is 2. The molecule has 4 rings (SSSR count). The van der Waals surface area contributed by atoms with Gasteiger partial charge in [0.2, 0.25) is 5.91 Å². The second-order valence-corrected chi connectivity index (χ2v) is 8.27. The topological polar surface area (TPSA) is 110 Å². The predicted molar refractivity (Wildman–Crippen MR) is 125 cm³/mol. The molecule has 2 aromatic carbocycles. The monoisotopic (exact) mass is 447 g/mol. The fourth-order valence-corrected chi connectivity index (χ4v) is 4.24. The number of carboxylic acid groups (broad SMARTS) is 1. The minimum Gasteiger partial charge on any atom is -0.480 e. The van der Waals surface area contributed by atoms with Gasteiger partial charge in [-0.2, -0.15) is 0 Å². The number of nitrogens with one attached hydrogen (secondary N) is 1. The van der Waals surface area contributed by atoms with Crippen LogP contribution in [0.3, 0.4) is 0 Å². The van der Waals surface area contributed by atoms with Gasteiger partial charge >= 0.3 is 11.6 Å². The molecule has 0 bridgehead atoms. The molecule has 2 heterocycles. The van der Waals surface area contributed by atoms with Crippen LogP contribution in [-0.2, 0) is 16.0 Å². The number of carboxylic acids is 1. The molecule has 7 heteroatoms. The van der Waals surface area contributed by atoms with E-state index >= 15 is 0 Å². The second-order valence-electron chi connectivity index (χ2n) is 8.27. The van der Waals surface area contributed by atoms with Gasteiger partial charge in [0.25, 0.3) is 0 Å². The maximum Gasteiger partial charge on any atom is 0.339 e. The van der Waals surface area contributed by atoms with Gasteiger partial charge in [0.15, 0.2) is 0 Å². The Labute approximate surface area is 190 Å². The number of carbonyl (C=O) groups is 2. The first kappa shape index (κ1) is 22.3. The number of carbonyl (C=O) groups excluding carboxylic acids is 1. The summed E-state index contributed by atoms with van der Waals surface area (Å²) in [5.41, 5.74) is 4.55. The molecule has 0 aliphatic rings. The quantitative estimate of drug-likeness (QED) is 0.416. The highest BCUT2D eigenvalue weighted by Crippen LogP contribution is 2.39. The number of furan rings is 1. The maximum atomic E-state index is 12.8. The van der Waals surface area contributed by atoms with E-state index in [2.05, 4.69) is 5.32 Å². The van der Waals surface area contributed by atoms with Crippen LogP contribution in [0.1, 0.15) is 35.8 Å². The lowest BCUT2D eigenvalue weighted by Crippen LogP contribution is -2.38. The van der Waals surface area contributed by atoms with Crippen LogP contribution in [0.15, 0.2) is 50.0 Å². The molecule has 0 aliphatic heterocycles. The molecule has 33 heavy (non-hydrogen) atoms. The Morgan fingerprint density at radius 1 is 1.00 bits per heavy atom. The smallest absolute Gasteiger partial charge is 0.339 e. The summed E-state index contributed by atoms with van der Waals surface area (Å²) in [4.78, 5) is 35.8. The molecule has 0 spiro atoms. The number of benzene rings is 2. The lowest BCUT2D eigenvalue weighted by Gasteiger charge is -2.11. The molecular weight excluding hydrogens is 422 g/mol. The Hall–Kier alpha value is -3.87. The minimum atomic E-state index is -1.12. The number of aliphatic carboxylic acids is 1. The summed E-state index contributed by atoms with van der Waals surface area (Å²) in [7, 11) is 0. The van der Waals surface area contributed by atoms with Crippen LogP contribution in [0.25, 0.3) is 33.1 Å². The van der Waals surface area contributed by atoms with Crippen LogP contribution in [0.2, 0.25) is 0 Å². The van der Waals surface area contributed by atoms with E-state index in [9.17, 15) is 14.4 Å². The van der Waals surface area contributed by atoms with Gasteiger partial charge < -0.3 is 19.3 Å². The summed E-state index contributed by atoms with van der Waals surface area (Å²) >= 11 is 0. The highest BCUT2D eigenvalue weighted by Gasteiger charge is 2.21. The van der Waals surface area contributed by atoms with Crippen LogP contribution in [0.5, 0.6) is 0 Å². The summed E-state index contributed by atoms with van der Waals surface area (Å²) in [5.74, 6) is -0.778. The summed E-state index contributed by atoms with van der Waals surface area (Å²) in [6.45, 7) is 7.01. The van der Waals surface area contributed by atoms with Gasteiger partial charge in [-0.05, 0) is 51.3 Å². The van der Waals surface area contributed by atoms with E-state index in [1.165, 1.54) is 6.92 Å². The lowest BCUT2D eigenvalue weighted by atomic mass is 9.96. The third kappa shape index (κ3) is 4.02. The first-order chi connectivity index (χ1) is 15.7. The average Bonchev–Trinajstić information content (AvgIpc) is 3.11. The van der Waals surface area contributed by atoms with Crippen molar-refractivity contribution in [3.05, 3.63) is 69.3 Å². The van der Waals surface area contributed by atoms with Crippen molar-refractivity contribution in [3.8, 4) is 11.1 Å². The lowest BCUT2D eigenvalue weighted by molar-refractivity contribution is -0.141. The van der Waals surface area contributed by atoms with Crippen molar-refractivity contribution in [2.75, 3.05) is 0 Å². The molecule has 1 atom stereocenters. The van der Waals surface area contributed by atoms with Crippen molar-refractivity contribution < 1.29 is 23.5 Å². The first-order valence-corrected chi connectivity index (χ1v) is 10.8. The summed E-state index contributed by atoms with van der Waals surface area (Å²) in [6, 6.07) is 10.9. The molecule has 2 N–H and O–H groups in total. The second kappa shape index (κ2) is 8.58. The molecule has 0 unspecified atom stereocenters. The first-order valence-electron chi connectivity index (χ1n) is 10.8. The van der Waals surface area contributed by atoms with Crippen LogP contribution in [0.4, 0.5) is 0 Å². The van der Waals surface area contributed by atoms with Crippen molar-refractivity contribution in [1.29, 1.82) is 0 Å². The highest BCUT2D eigenvalue weighted by atomic mass is 16.4. The van der Waals surface area contributed by atoms with E-state index in [4.69, 9.17) is 13.9 Å². The van der Waals surface area contributed by atoms with Crippen molar-refractivity contribution in [2.45, 2.75) is 46.6 Å². The molecule has 2 aromatic heterocycles. The van der Waals surface area contributed by atoms with Crippen molar-refractivity contribution in [3.63, 3.8) is 0 Å². The van der Waals surface area contributed by atoms with E-state index in [1.54, 1.807) is 0 Å². The number of hydrogen-bond acceptors (Lipinski definition) is 5. The zero-order chi connectivity index (χ0) is 23.9. The Balaban J connectivity index is 1.80. The number of amides is 1. The van der Waals surface area contributed by atoms with Gasteiger partial charge in [-0.1, -0.05) is 30.3 Å². The largest absolute Gasteiger partial charge is 0.480 e. The molecule has 1 amide bonds. The molecule has 4 aromatic rings. The number of rotatable bonds is 6. The van der Waals surface area contributed by atoms with E-state index in [0.29, 0.717) is 16.7 Å². The van der Waals surface area contributed by atoms with Crippen molar-refractivity contribution >= 4 is 33.8 Å². The molecule has 0 radical (unpaired) electrons. The third-order valence-corrected chi connectivity index (χ3v) is 6.05.